The fraction of sp³-hybridized carbons (Fsp3) is 0.579. The Morgan fingerprint density at radius 2 is 2.04 bits per heavy atom. The Morgan fingerprint density at radius 3 is 2.67 bits per heavy atom. The zero-order valence-electron chi connectivity index (χ0n) is 14.9. The van der Waals surface area contributed by atoms with Crippen molar-refractivity contribution in [3.05, 3.63) is 47.8 Å². The molecule has 5 nitrogen and oxygen atoms in total. The molecule has 0 saturated carbocycles. The van der Waals surface area contributed by atoms with Crippen LogP contribution in [0.2, 0.25) is 0 Å². The standard InChI is InChI=1S/C19H29NO4/c1-15(2)8-9-20(12-18-7-6-16(3)24-18)11-17(21)13-22-14-19-5-4-10-23-19/h4-7,10,15,17,21H,8-9,11-14H2,1-3H3. The molecule has 0 aliphatic carbocycles. The summed E-state index contributed by atoms with van der Waals surface area (Å²) in [7, 11) is 0. The molecule has 134 valence electrons. The lowest BCUT2D eigenvalue weighted by Crippen LogP contribution is -2.35. The van der Waals surface area contributed by atoms with E-state index in [2.05, 4.69) is 18.7 Å². The molecule has 0 fully saturated rings. The van der Waals surface area contributed by atoms with Gasteiger partial charge in [-0.2, -0.15) is 0 Å². The average Bonchev–Trinajstić information content (AvgIpc) is 3.16. The average molecular weight is 335 g/mol. The molecule has 1 unspecified atom stereocenters. The molecule has 0 radical (unpaired) electrons. The van der Waals surface area contributed by atoms with Gasteiger partial charge in [-0.3, -0.25) is 4.90 Å². The Hall–Kier alpha value is -1.56. The maximum atomic E-state index is 10.3. The van der Waals surface area contributed by atoms with Gasteiger partial charge in [-0.15, -0.1) is 0 Å². The molecular weight excluding hydrogens is 306 g/mol. The third-order valence-corrected chi connectivity index (χ3v) is 3.80. The molecule has 2 heterocycles. The highest BCUT2D eigenvalue weighted by Gasteiger charge is 2.15. The summed E-state index contributed by atoms with van der Waals surface area (Å²) in [6.07, 6.45) is 2.16. The second-order valence-corrected chi connectivity index (χ2v) is 6.68. The predicted octanol–water partition coefficient (Wildman–Crippen LogP) is 3.61. The summed E-state index contributed by atoms with van der Waals surface area (Å²) in [5.41, 5.74) is 0. The van der Waals surface area contributed by atoms with Gasteiger partial charge in [0.15, 0.2) is 0 Å². The number of aliphatic hydroxyl groups is 1. The molecule has 0 amide bonds. The van der Waals surface area contributed by atoms with Crippen molar-refractivity contribution in [1.29, 1.82) is 0 Å². The topological polar surface area (TPSA) is 59.0 Å². The van der Waals surface area contributed by atoms with Crippen molar-refractivity contribution in [2.24, 2.45) is 5.92 Å². The molecule has 2 aromatic rings. The highest BCUT2D eigenvalue weighted by Crippen LogP contribution is 2.12. The molecule has 2 rings (SSSR count). The third-order valence-electron chi connectivity index (χ3n) is 3.80. The molecule has 1 N–H and O–H groups in total. The molecule has 0 saturated heterocycles. The number of aryl methyl sites for hydroxylation is 1. The van der Waals surface area contributed by atoms with E-state index in [1.807, 2.05) is 31.2 Å². The van der Waals surface area contributed by atoms with Crippen LogP contribution in [0, 0.1) is 12.8 Å². The largest absolute Gasteiger partial charge is 0.467 e. The minimum Gasteiger partial charge on any atom is -0.467 e. The van der Waals surface area contributed by atoms with Crippen molar-refractivity contribution < 1.29 is 18.7 Å². The van der Waals surface area contributed by atoms with Gasteiger partial charge in [0.1, 0.15) is 23.9 Å². The minimum atomic E-state index is -0.539. The van der Waals surface area contributed by atoms with E-state index >= 15 is 0 Å². The number of nitrogens with zero attached hydrogens (tertiary/aromatic N) is 1. The molecule has 5 heteroatoms. The maximum Gasteiger partial charge on any atom is 0.129 e. The van der Waals surface area contributed by atoms with Crippen LogP contribution >= 0.6 is 0 Å². The summed E-state index contributed by atoms with van der Waals surface area (Å²) in [6.45, 7) is 9.21. The Morgan fingerprint density at radius 1 is 1.21 bits per heavy atom. The van der Waals surface area contributed by atoms with E-state index < -0.39 is 6.10 Å². The molecule has 24 heavy (non-hydrogen) atoms. The molecule has 2 aromatic heterocycles. The second-order valence-electron chi connectivity index (χ2n) is 6.68. The highest BCUT2D eigenvalue weighted by atomic mass is 16.5. The Balaban J connectivity index is 1.78. The molecule has 0 aliphatic heterocycles. The third kappa shape index (κ3) is 6.91. The van der Waals surface area contributed by atoms with Gasteiger partial charge in [-0.25, -0.2) is 0 Å². The summed E-state index contributed by atoms with van der Waals surface area (Å²) in [4.78, 5) is 2.22. The monoisotopic (exact) mass is 335 g/mol. The fourth-order valence-electron chi connectivity index (χ4n) is 2.51. The van der Waals surface area contributed by atoms with Crippen molar-refractivity contribution in [3.8, 4) is 0 Å². The van der Waals surface area contributed by atoms with Crippen molar-refractivity contribution in [3.63, 3.8) is 0 Å². The number of ether oxygens (including phenoxy) is 1. The second kappa shape index (κ2) is 9.67. The summed E-state index contributed by atoms with van der Waals surface area (Å²) in [5.74, 6) is 3.24. The van der Waals surface area contributed by atoms with Crippen LogP contribution in [-0.2, 0) is 17.9 Å². The zero-order chi connectivity index (χ0) is 17.4. The van der Waals surface area contributed by atoms with Gasteiger partial charge < -0.3 is 18.7 Å². The van der Waals surface area contributed by atoms with Gasteiger partial charge in [0.05, 0.1) is 25.5 Å². The maximum absolute atomic E-state index is 10.3. The van der Waals surface area contributed by atoms with Crippen molar-refractivity contribution in [2.75, 3.05) is 19.7 Å². The summed E-state index contributed by atoms with van der Waals surface area (Å²) in [6, 6.07) is 7.66. The smallest absolute Gasteiger partial charge is 0.129 e. The first kappa shape index (κ1) is 18.8. The van der Waals surface area contributed by atoms with Crippen LogP contribution in [0.25, 0.3) is 0 Å². The van der Waals surface area contributed by atoms with Crippen molar-refractivity contribution >= 4 is 0 Å². The molecule has 0 spiro atoms. The Kier molecular flexibility index (Phi) is 7.56. The molecule has 0 aliphatic rings. The summed E-state index contributed by atoms with van der Waals surface area (Å²) < 4.78 is 16.4. The van der Waals surface area contributed by atoms with Gasteiger partial charge in [0, 0.05) is 6.54 Å². The van der Waals surface area contributed by atoms with Crippen LogP contribution in [0.15, 0.2) is 39.4 Å². The molecule has 0 bridgehead atoms. The van der Waals surface area contributed by atoms with Crippen molar-refractivity contribution in [2.45, 2.75) is 46.4 Å². The summed E-state index contributed by atoms with van der Waals surface area (Å²) >= 11 is 0. The van der Waals surface area contributed by atoms with Crippen LogP contribution < -0.4 is 0 Å². The number of furan rings is 2. The first-order chi connectivity index (χ1) is 11.5. The van der Waals surface area contributed by atoms with E-state index in [1.165, 1.54) is 0 Å². The minimum absolute atomic E-state index is 0.288. The van der Waals surface area contributed by atoms with Crippen LogP contribution in [0.3, 0.4) is 0 Å². The Labute approximate surface area is 144 Å². The number of rotatable bonds is 11. The van der Waals surface area contributed by atoms with Gasteiger partial charge in [0.2, 0.25) is 0 Å². The lowest BCUT2D eigenvalue weighted by atomic mass is 10.1. The van der Waals surface area contributed by atoms with E-state index in [0.717, 1.165) is 30.2 Å². The van der Waals surface area contributed by atoms with Gasteiger partial charge in [-0.05, 0) is 50.1 Å². The number of hydrogen-bond acceptors (Lipinski definition) is 5. The molecule has 1 atom stereocenters. The molecule has 0 aromatic carbocycles. The van der Waals surface area contributed by atoms with Gasteiger partial charge in [-0.1, -0.05) is 13.8 Å². The number of aliphatic hydroxyl groups excluding tert-OH is 1. The van der Waals surface area contributed by atoms with E-state index in [-0.39, 0.29) is 6.61 Å². The van der Waals surface area contributed by atoms with Crippen LogP contribution in [-0.4, -0.2) is 35.8 Å². The first-order valence-corrected chi connectivity index (χ1v) is 8.58. The van der Waals surface area contributed by atoms with Gasteiger partial charge in [0.25, 0.3) is 0 Å². The quantitative estimate of drug-likeness (QED) is 0.680. The van der Waals surface area contributed by atoms with Crippen LogP contribution in [0.1, 0.15) is 37.5 Å². The van der Waals surface area contributed by atoms with Crippen LogP contribution in [0.5, 0.6) is 0 Å². The molecular formula is C19H29NO4. The normalized spacial score (nSPS) is 13.1. The lowest BCUT2D eigenvalue weighted by molar-refractivity contribution is 0.00236. The van der Waals surface area contributed by atoms with Crippen LogP contribution in [0.4, 0.5) is 0 Å². The SMILES string of the molecule is Cc1ccc(CN(CCC(C)C)CC(O)COCc2ccco2)o1. The van der Waals surface area contributed by atoms with Gasteiger partial charge >= 0.3 is 0 Å². The summed E-state index contributed by atoms with van der Waals surface area (Å²) in [5, 5.41) is 10.3. The Bertz CT molecular complexity index is 562. The van der Waals surface area contributed by atoms with E-state index in [0.29, 0.717) is 25.6 Å². The number of hydrogen-bond donors (Lipinski definition) is 1. The van der Waals surface area contributed by atoms with Crippen molar-refractivity contribution in [1.82, 2.24) is 4.90 Å². The highest BCUT2D eigenvalue weighted by molar-refractivity contribution is 5.05. The lowest BCUT2D eigenvalue weighted by Gasteiger charge is -2.25. The zero-order valence-corrected chi connectivity index (χ0v) is 14.9. The fourth-order valence-corrected chi connectivity index (χ4v) is 2.51. The van der Waals surface area contributed by atoms with E-state index in [9.17, 15) is 5.11 Å². The van der Waals surface area contributed by atoms with E-state index in [4.69, 9.17) is 13.6 Å². The van der Waals surface area contributed by atoms with E-state index in [1.54, 1.807) is 6.26 Å². The first-order valence-electron chi connectivity index (χ1n) is 8.58. The predicted molar refractivity (Wildman–Crippen MR) is 92.5 cm³/mol.